The van der Waals surface area contributed by atoms with Gasteiger partial charge in [-0.2, -0.15) is 4.31 Å². The molecule has 3 rings (SSSR count). The lowest BCUT2D eigenvalue weighted by Gasteiger charge is -2.27. The van der Waals surface area contributed by atoms with Crippen molar-refractivity contribution < 1.29 is 17.9 Å². The maximum absolute atomic E-state index is 12.5. The highest BCUT2D eigenvalue weighted by atomic mass is 32.2. The summed E-state index contributed by atoms with van der Waals surface area (Å²) in [6.45, 7) is 1.57. The van der Waals surface area contributed by atoms with Gasteiger partial charge in [-0.1, -0.05) is 30.3 Å². The topological polar surface area (TPSA) is 66.9 Å². The van der Waals surface area contributed by atoms with Gasteiger partial charge in [0.15, 0.2) is 0 Å². The number of hydrogen-bond acceptors (Lipinski definition) is 5. The molecule has 6 nitrogen and oxygen atoms in total. The molecule has 2 saturated heterocycles. The van der Waals surface area contributed by atoms with Gasteiger partial charge in [0, 0.05) is 19.1 Å². The van der Waals surface area contributed by atoms with Crippen LogP contribution in [0.25, 0.3) is 0 Å². The van der Waals surface area contributed by atoms with E-state index in [1.54, 1.807) is 0 Å². The Balaban J connectivity index is 1.73. The normalized spacial score (nSPS) is 28.0. The van der Waals surface area contributed by atoms with Crippen LogP contribution in [0.3, 0.4) is 0 Å². The Morgan fingerprint density at radius 2 is 2.04 bits per heavy atom. The zero-order valence-corrected chi connectivity index (χ0v) is 14.0. The first-order chi connectivity index (χ1) is 11.0. The summed E-state index contributed by atoms with van der Waals surface area (Å²) in [7, 11) is -1.91. The Hall–Kier alpha value is -1.44. The van der Waals surface area contributed by atoms with Crippen molar-refractivity contribution in [1.29, 1.82) is 0 Å². The minimum Gasteiger partial charge on any atom is -0.468 e. The van der Waals surface area contributed by atoms with Gasteiger partial charge in [0.1, 0.15) is 6.04 Å². The van der Waals surface area contributed by atoms with Crippen LogP contribution in [0.1, 0.15) is 18.4 Å². The molecule has 0 N–H and O–H groups in total. The fraction of sp³-hybridized carbons (Fsp3) is 0.562. The smallest absolute Gasteiger partial charge is 0.323 e. The summed E-state index contributed by atoms with van der Waals surface area (Å²) in [4.78, 5) is 13.9. The summed E-state index contributed by atoms with van der Waals surface area (Å²) >= 11 is 0. The molecule has 0 radical (unpaired) electrons. The van der Waals surface area contributed by atoms with Gasteiger partial charge in [0.2, 0.25) is 10.0 Å². The summed E-state index contributed by atoms with van der Waals surface area (Å²) in [5.74, 6) is -0.186. The Kier molecular flexibility index (Phi) is 4.70. The van der Waals surface area contributed by atoms with Crippen molar-refractivity contribution in [2.75, 3.05) is 26.0 Å². The lowest BCUT2D eigenvalue weighted by Crippen LogP contribution is -2.46. The molecule has 0 bridgehead atoms. The summed E-state index contributed by atoms with van der Waals surface area (Å²) in [6.07, 6.45) is 1.64. The molecule has 2 heterocycles. The molecule has 0 unspecified atom stereocenters. The van der Waals surface area contributed by atoms with Crippen LogP contribution in [0.2, 0.25) is 0 Å². The number of methoxy groups -OCH3 is 1. The molecule has 0 aromatic heterocycles. The Bertz CT molecular complexity index is 662. The van der Waals surface area contributed by atoms with Gasteiger partial charge in [-0.3, -0.25) is 9.69 Å². The maximum Gasteiger partial charge on any atom is 0.323 e. The van der Waals surface area contributed by atoms with Gasteiger partial charge in [-0.05, 0) is 24.9 Å². The second kappa shape index (κ2) is 6.59. The van der Waals surface area contributed by atoms with Crippen molar-refractivity contribution in [3.63, 3.8) is 0 Å². The fourth-order valence-corrected chi connectivity index (χ4v) is 5.25. The third-order valence-electron chi connectivity index (χ3n) is 4.65. The van der Waals surface area contributed by atoms with Gasteiger partial charge in [0.25, 0.3) is 0 Å². The molecule has 0 spiro atoms. The number of likely N-dealkylation sites (tertiary alicyclic amines) is 1. The molecule has 2 fully saturated rings. The number of rotatable bonds is 4. The monoisotopic (exact) mass is 338 g/mol. The number of nitrogens with zero attached hydrogens (tertiary/aromatic N) is 2. The molecule has 2 atom stereocenters. The van der Waals surface area contributed by atoms with E-state index in [9.17, 15) is 13.2 Å². The van der Waals surface area contributed by atoms with E-state index in [0.29, 0.717) is 13.1 Å². The average molecular weight is 338 g/mol. The molecule has 0 aliphatic carbocycles. The van der Waals surface area contributed by atoms with E-state index in [1.807, 2.05) is 35.2 Å². The molecule has 2 aliphatic rings. The molecule has 7 heteroatoms. The quantitative estimate of drug-likeness (QED) is 0.761. The Morgan fingerprint density at radius 3 is 2.74 bits per heavy atom. The number of esters is 1. The van der Waals surface area contributed by atoms with E-state index < -0.39 is 10.0 Å². The largest absolute Gasteiger partial charge is 0.468 e. The summed E-state index contributed by atoms with van der Waals surface area (Å²) in [5, 5.41) is 0. The van der Waals surface area contributed by atoms with Crippen molar-refractivity contribution >= 4 is 16.0 Å². The molecule has 1 aromatic rings. The van der Waals surface area contributed by atoms with Crippen LogP contribution in [0.4, 0.5) is 0 Å². The van der Waals surface area contributed by atoms with Gasteiger partial charge in [-0.15, -0.1) is 0 Å². The highest BCUT2D eigenvalue weighted by molar-refractivity contribution is 7.89. The number of carbonyl (C=O) groups is 1. The molecule has 2 aliphatic heterocycles. The van der Waals surface area contributed by atoms with E-state index >= 15 is 0 Å². The number of benzene rings is 1. The van der Waals surface area contributed by atoms with Crippen LogP contribution in [-0.4, -0.2) is 61.6 Å². The zero-order valence-electron chi connectivity index (χ0n) is 13.2. The van der Waals surface area contributed by atoms with Crippen LogP contribution in [-0.2, 0) is 26.1 Å². The van der Waals surface area contributed by atoms with Crippen molar-refractivity contribution in [2.24, 2.45) is 0 Å². The second-order valence-electron chi connectivity index (χ2n) is 6.13. The minimum absolute atomic E-state index is 0.0767. The van der Waals surface area contributed by atoms with Crippen LogP contribution in [0.5, 0.6) is 0 Å². The lowest BCUT2D eigenvalue weighted by atomic mass is 10.2. The fourth-order valence-electron chi connectivity index (χ4n) is 3.52. The predicted octanol–water partition coefficient (Wildman–Crippen LogP) is 0.838. The van der Waals surface area contributed by atoms with E-state index in [-0.39, 0.29) is 23.8 Å². The van der Waals surface area contributed by atoms with Crippen molar-refractivity contribution in [1.82, 2.24) is 9.21 Å². The van der Waals surface area contributed by atoms with Crippen LogP contribution >= 0.6 is 0 Å². The number of ether oxygens (including phenoxy) is 1. The van der Waals surface area contributed by atoms with Crippen LogP contribution < -0.4 is 0 Å². The first-order valence-corrected chi connectivity index (χ1v) is 9.47. The SMILES string of the molecule is COC(=O)[C@@H]1CCCN1[C@H]1CN(Cc2ccccc2)S(=O)(=O)C1. The summed E-state index contributed by atoms with van der Waals surface area (Å²) in [5.41, 5.74) is 0.975. The minimum atomic E-state index is -3.29. The highest BCUT2D eigenvalue weighted by Gasteiger charge is 2.44. The molecular weight excluding hydrogens is 316 g/mol. The second-order valence-corrected chi connectivity index (χ2v) is 8.14. The first-order valence-electron chi connectivity index (χ1n) is 7.86. The molecule has 1 aromatic carbocycles. The zero-order chi connectivity index (χ0) is 16.4. The molecule has 23 heavy (non-hydrogen) atoms. The van der Waals surface area contributed by atoms with Gasteiger partial charge in [-0.25, -0.2) is 8.42 Å². The number of carbonyl (C=O) groups excluding carboxylic acids is 1. The van der Waals surface area contributed by atoms with E-state index in [4.69, 9.17) is 4.74 Å². The number of hydrogen-bond donors (Lipinski definition) is 0. The van der Waals surface area contributed by atoms with Gasteiger partial charge in [0.05, 0.1) is 12.9 Å². The maximum atomic E-state index is 12.5. The lowest BCUT2D eigenvalue weighted by molar-refractivity contribution is -0.146. The van der Waals surface area contributed by atoms with Crippen LogP contribution in [0.15, 0.2) is 30.3 Å². The average Bonchev–Trinajstić information content (AvgIpc) is 3.12. The molecular formula is C16H22N2O4S. The predicted molar refractivity (Wildman–Crippen MR) is 86.2 cm³/mol. The molecule has 0 saturated carbocycles. The third-order valence-corrected chi connectivity index (χ3v) is 6.52. The summed E-state index contributed by atoms with van der Waals surface area (Å²) in [6, 6.07) is 9.13. The van der Waals surface area contributed by atoms with E-state index in [1.165, 1.54) is 11.4 Å². The van der Waals surface area contributed by atoms with Gasteiger partial charge < -0.3 is 4.74 Å². The first kappa shape index (κ1) is 16.4. The van der Waals surface area contributed by atoms with E-state index in [0.717, 1.165) is 24.9 Å². The molecule has 0 amide bonds. The number of sulfonamides is 1. The standard InChI is InChI=1S/C16H22N2O4S/c1-22-16(19)15-8-5-9-18(15)14-11-17(23(20,21)12-14)10-13-6-3-2-4-7-13/h2-4,6-7,14-15H,5,8-12H2,1H3/t14-,15-/m0/s1. The summed E-state index contributed by atoms with van der Waals surface area (Å²) < 4.78 is 31.3. The van der Waals surface area contributed by atoms with Crippen molar-refractivity contribution in [2.45, 2.75) is 31.5 Å². The van der Waals surface area contributed by atoms with Crippen molar-refractivity contribution in [3.05, 3.63) is 35.9 Å². The van der Waals surface area contributed by atoms with Crippen molar-refractivity contribution in [3.8, 4) is 0 Å². The molecule has 126 valence electrons. The Labute approximate surface area is 137 Å². The van der Waals surface area contributed by atoms with E-state index in [2.05, 4.69) is 0 Å². The highest BCUT2D eigenvalue weighted by Crippen LogP contribution is 2.28. The van der Waals surface area contributed by atoms with Gasteiger partial charge >= 0.3 is 5.97 Å². The van der Waals surface area contributed by atoms with Crippen LogP contribution in [0, 0.1) is 0 Å². The Morgan fingerprint density at radius 1 is 1.30 bits per heavy atom. The third kappa shape index (κ3) is 3.41.